The number of sulfonamides is 2. The topological polar surface area (TPSA) is 92.8 Å². The fourth-order valence-corrected chi connectivity index (χ4v) is 8.54. The van der Waals surface area contributed by atoms with Crippen LogP contribution in [0.15, 0.2) is 53.4 Å². The van der Waals surface area contributed by atoms with Crippen molar-refractivity contribution in [2.24, 2.45) is 0 Å². The van der Waals surface area contributed by atoms with Crippen LogP contribution < -0.4 is 8.86 Å². The first kappa shape index (κ1) is 25.7. The van der Waals surface area contributed by atoms with Crippen molar-refractivity contribution in [1.82, 2.24) is 9.03 Å². The minimum atomic E-state index is -4.12. The van der Waals surface area contributed by atoms with Crippen molar-refractivity contribution < 1.29 is 21.6 Å². The summed E-state index contributed by atoms with van der Waals surface area (Å²) in [4.78, 5) is 2.34. The van der Waals surface area contributed by atoms with E-state index in [2.05, 4.69) is 4.90 Å². The highest BCUT2D eigenvalue weighted by atomic mass is 35.5. The van der Waals surface area contributed by atoms with Gasteiger partial charge in [0.25, 0.3) is 10.0 Å². The van der Waals surface area contributed by atoms with Gasteiger partial charge in [-0.25, -0.2) is 16.8 Å². The Kier molecular flexibility index (Phi) is 8.11. The van der Waals surface area contributed by atoms with Gasteiger partial charge in [-0.05, 0) is 62.8 Å². The molecule has 0 bridgehead atoms. The van der Waals surface area contributed by atoms with Crippen LogP contribution in [0, 0.1) is 0 Å². The second-order valence-corrected chi connectivity index (χ2v) is 13.5. The number of ether oxygens (including phenoxy) is 1. The third-order valence-corrected chi connectivity index (χ3v) is 11.3. The van der Waals surface area contributed by atoms with E-state index in [1.807, 2.05) is 10.2 Å². The van der Waals surface area contributed by atoms with Crippen LogP contribution in [-0.2, 0) is 20.0 Å². The van der Waals surface area contributed by atoms with Gasteiger partial charge in [-0.2, -0.15) is 0 Å². The average Bonchev–Trinajstić information content (AvgIpc) is 2.82. The Hall–Kier alpha value is -1.36. The lowest BCUT2D eigenvalue weighted by Crippen LogP contribution is -2.47. The van der Waals surface area contributed by atoms with Gasteiger partial charge in [-0.1, -0.05) is 41.4 Å². The number of hydrogen-bond donors (Lipinski definition) is 1. The number of rotatable bonds is 7. The molecule has 2 aromatic rings. The zero-order valence-corrected chi connectivity index (χ0v) is 21.7. The summed E-state index contributed by atoms with van der Waals surface area (Å²) in [6, 6.07) is 13.1. The summed E-state index contributed by atoms with van der Waals surface area (Å²) >= 11 is 12.0. The number of nitrogens with zero attached hydrogens (tertiary/aromatic N) is 1. The first-order valence-corrected chi connectivity index (χ1v) is 15.1. The van der Waals surface area contributed by atoms with Gasteiger partial charge in [0, 0.05) is 25.2 Å². The first-order valence-electron chi connectivity index (χ1n) is 11.3. The molecule has 0 radical (unpaired) electrons. The fraction of sp³-hybridized carbons (Fsp3) is 0.478. The summed E-state index contributed by atoms with van der Waals surface area (Å²) in [6.07, 6.45) is 4.14. The van der Waals surface area contributed by atoms with E-state index in [0.717, 1.165) is 38.8 Å². The largest absolute Gasteiger partial charge is 0.490 e. The van der Waals surface area contributed by atoms with Crippen molar-refractivity contribution in [3.05, 3.63) is 58.6 Å². The summed E-state index contributed by atoms with van der Waals surface area (Å²) in [7, 11) is -8.11. The SMILES string of the molecule is O=S(=O)(NS(=O)(=O)C1CCC(N2CCC(Oc3ccc(Cl)c(Cl)c3)CC2)CC1)c1ccccc1. The van der Waals surface area contributed by atoms with Crippen molar-refractivity contribution in [3.8, 4) is 5.75 Å². The molecule has 0 aromatic heterocycles. The highest BCUT2D eigenvalue weighted by Gasteiger charge is 2.36. The Morgan fingerprint density at radius 1 is 0.824 bits per heavy atom. The lowest BCUT2D eigenvalue weighted by molar-refractivity contribution is 0.0634. The molecular formula is C23H28Cl2N2O5S2. The Labute approximate surface area is 211 Å². The molecule has 1 N–H and O–H groups in total. The summed E-state index contributed by atoms with van der Waals surface area (Å²) in [5, 5.41) is 0.251. The molecule has 11 heteroatoms. The van der Waals surface area contributed by atoms with E-state index in [-0.39, 0.29) is 11.0 Å². The van der Waals surface area contributed by atoms with Crippen LogP contribution in [-0.4, -0.2) is 52.2 Å². The normalized spacial score (nSPS) is 23.0. The van der Waals surface area contributed by atoms with E-state index in [9.17, 15) is 16.8 Å². The van der Waals surface area contributed by atoms with Crippen LogP contribution in [0.25, 0.3) is 0 Å². The van der Waals surface area contributed by atoms with Crippen molar-refractivity contribution in [2.75, 3.05) is 13.1 Å². The third kappa shape index (κ3) is 6.25. The predicted octanol–water partition coefficient (Wildman–Crippen LogP) is 4.46. The summed E-state index contributed by atoms with van der Waals surface area (Å²) < 4.78 is 58.5. The van der Waals surface area contributed by atoms with Crippen LogP contribution >= 0.6 is 23.2 Å². The van der Waals surface area contributed by atoms with Gasteiger partial charge < -0.3 is 9.64 Å². The molecule has 186 valence electrons. The van der Waals surface area contributed by atoms with E-state index < -0.39 is 25.3 Å². The monoisotopic (exact) mass is 546 g/mol. The molecular weight excluding hydrogens is 519 g/mol. The fourth-order valence-electron chi connectivity index (χ4n) is 4.69. The molecule has 1 aliphatic carbocycles. The Bertz CT molecular complexity index is 1190. The number of halogens is 2. The van der Waals surface area contributed by atoms with Crippen molar-refractivity contribution in [3.63, 3.8) is 0 Å². The van der Waals surface area contributed by atoms with Gasteiger partial charge in [-0.3, -0.25) is 0 Å². The molecule has 1 saturated carbocycles. The molecule has 4 rings (SSSR count). The molecule has 1 aliphatic heterocycles. The van der Waals surface area contributed by atoms with Crippen LogP contribution in [0.1, 0.15) is 38.5 Å². The van der Waals surface area contributed by atoms with Crippen molar-refractivity contribution in [2.45, 2.75) is 60.8 Å². The molecule has 0 atom stereocenters. The maximum atomic E-state index is 12.8. The number of likely N-dealkylation sites (tertiary alicyclic amines) is 1. The Morgan fingerprint density at radius 3 is 2.09 bits per heavy atom. The Morgan fingerprint density at radius 2 is 1.47 bits per heavy atom. The maximum absolute atomic E-state index is 12.8. The van der Waals surface area contributed by atoms with E-state index in [1.165, 1.54) is 12.1 Å². The second kappa shape index (κ2) is 10.7. The number of piperidine rings is 1. The molecule has 34 heavy (non-hydrogen) atoms. The highest BCUT2D eigenvalue weighted by Crippen LogP contribution is 2.31. The average molecular weight is 548 g/mol. The van der Waals surface area contributed by atoms with Gasteiger partial charge in [-0.15, -0.1) is 4.13 Å². The van der Waals surface area contributed by atoms with Crippen LogP contribution in [0.3, 0.4) is 0 Å². The zero-order valence-electron chi connectivity index (χ0n) is 18.6. The molecule has 2 aromatic carbocycles. The number of nitrogens with one attached hydrogen (secondary N) is 1. The zero-order chi connectivity index (χ0) is 24.3. The Balaban J connectivity index is 1.26. The lowest BCUT2D eigenvalue weighted by atomic mass is 9.92. The van der Waals surface area contributed by atoms with Gasteiger partial charge in [0.2, 0.25) is 10.0 Å². The first-order chi connectivity index (χ1) is 16.1. The molecule has 0 spiro atoms. The summed E-state index contributed by atoms with van der Waals surface area (Å²) in [5.41, 5.74) is 0. The number of benzene rings is 2. The molecule has 0 amide bonds. The van der Waals surface area contributed by atoms with Crippen molar-refractivity contribution in [1.29, 1.82) is 0 Å². The molecule has 1 saturated heterocycles. The third-order valence-electron chi connectivity index (χ3n) is 6.55. The quantitative estimate of drug-likeness (QED) is 0.551. The smallest absolute Gasteiger partial charge is 0.253 e. The van der Waals surface area contributed by atoms with Gasteiger partial charge in [0.1, 0.15) is 11.9 Å². The van der Waals surface area contributed by atoms with Gasteiger partial charge in [0.15, 0.2) is 0 Å². The van der Waals surface area contributed by atoms with E-state index >= 15 is 0 Å². The second-order valence-electron chi connectivity index (χ2n) is 8.80. The lowest BCUT2D eigenvalue weighted by Gasteiger charge is -2.40. The molecule has 1 heterocycles. The maximum Gasteiger partial charge on any atom is 0.253 e. The minimum absolute atomic E-state index is 0.0572. The van der Waals surface area contributed by atoms with Gasteiger partial charge >= 0.3 is 0 Å². The molecule has 2 fully saturated rings. The van der Waals surface area contributed by atoms with Gasteiger partial charge in [0.05, 0.1) is 20.2 Å². The van der Waals surface area contributed by atoms with E-state index in [4.69, 9.17) is 27.9 Å². The van der Waals surface area contributed by atoms with E-state index in [0.29, 0.717) is 34.7 Å². The van der Waals surface area contributed by atoms with Crippen LogP contribution in [0.4, 0.5) is 0 Å². The van der Waals surface area contributed by atoms with Crippen LogP contribution in [0.2, 0.25) is 10.0 Å². The molecule has 2 aliphatic rings. The van der Waals surface area contributed by atoms with Crippen molar-refractivity contribution >= 4 is 43.2 Å². The minimum Gasteiger partial charge on any atom is -0.490 e. The molecule has 7 nitrogen and oxygen atoms in total. The highest BCUT2D eigenvalue weighted by molar-refractivity contribution is 8.05. The summed E-state index contributed by atoms with van der Waals surface area (Å²) in [5.74, 6) is 0.705. The summed E-state index contributed by atoms with van der Waals surface area (Å²) in [6.45, 7) is 1.74. The standard InChI is InChI=1S/C23H28Cl2N2O5S2/c24-22-11-8-19(16-23(22)25)32-18-12-14-27(15-13-18)17-6-9-21(10-7-17)34(30,31)26-33(28,29)20-4-2-1-3-5-20/h1-5,8,11,16-18,21,26H,6-7,9-10,12-15H2. The van der Waals surface area contributed by atoms with E-state index in [1.54, 1.807) is 30.3 Å². The predicted molar refractivity (Wildman–Crippen MR) is 133 cm³/mol. The molecule has 0 unspecified atom stereocenters. The van der Waals surface area contributed by atoms with Crippen LogP contribution in [0.5, 0.6) is 5.75 Å². The number of hydrogen-bond acceptors (Lipinski definition) is 6.